The second-order valence-electron chi connectivity index (χ2n) is 4.83. The monoisotopic (exact) mass is 280 g/mol. The van der Waals surface area contributed by atoms with Crippen LogP contribution in [0, 0.1) is 0 Å². The maximum atomic E-state index is 11.7. The van der Waals surface area contributed by atoms with Crippen LogP contribution in [0.15, 0.2) is 24.3 Å². The van der Waals surface area contributed by atoms with E-state index in [9.17, 15) is 4.79 Å². The first-order valence-electron chi connectivity index (χ1n) is 6.87. The second-order valence-corrected chi connectivity index (χ2v) is 4.83. The highest BCUT2D eigenvalue weighted by Crippen LogP contribution is 2.25. The van der Waals surface area contributed by atoms with E-state index >= 15 is 0 Å². The molecular weight excluding hydrogens is 256 g/mol. The Labute approximate surface area is 120 Å². The quantitative estimate of drug-likeness (QED) is 0.710. The third-order valence-electron chi connectivity index (χ3n) is 2.62. The summed E-state index contributed by atoms with van der Waals surface area (Å²) in [6.07, 6.45) is 0.0898. The number of para-hydroxylation sites is 1. The van der Waals surface area contributed by atoms with Gasteiger partial charge in [-0.3, -0.25) is 4.79 Å². The number of benzene rings is 1. The fourth-order valence-corrected chi connectivity index (χ4v) is 1.81. The van der Waals surface area contributed by atoms with Gasteiger partial charge in [-0.05, 0) is 26.8 Å². The summed E-state index contributed by atoms with van der Waals surface area (Å²) in [6, 6.07) is 7.56. The molecule has 0 heterocycles. The standard InChI is InChI=1S/C15H24N2O3/c1-11(2)20-14-7-5-4-6-13(14)12(3)17-15(18)10-19-9-8-16/h4-7,11-12H,8-10,16H2,1-3H3,(H,17,18). The van der Waals surface area contributed by atoms with Gasteiger partial charge >= 0.3 is 0 Å². The normalized spacial score (nSPS) is 12.2. The summed E-state index contributed by atoms with van der Waals surface area (Å²) in [5, 5.41) is 2.88. The number of nitrogens with two attached hydrogens (primary N) is 1. The van der Waals surface area contributed by atoms with E-state index < -0.39 is 0 Å². The highest BCUT2D eigenvalue weighted by Gasteiger charge is 2.14. The van der Waals surface area contributed by atoms with Gasteiger partial charge in [0.2, 0.25) is 5.91 Å². The molecule has 1 rings (SSSR count). The molecular formula is C15H24N2O3. The lowest BCUT2D eigenvalue weighted by Gasteiger charge is -2.19. The minimum atomic E-state index is -0.162. The van der Waals surface area contributed by atoms with E-state index in [4.69, 9.17) is 15.2 Å². The van der Waals surface area contributed by atoms with Gasteiger partial charge in [0.15, 0.2) is 0 Å². The minimum Gasteiger partial charge on any atom is -0.491 e. The molecule has 3 N–H and O–H groups in total. The first kappa shape index (κ1) is 16.5. The zero-order valence-corrected chi connectivity index (χ0v) is 12.4. The topological polar surface area (TPSA) is 73.6 Å². The maximum Gasteiger partial charge on any atom is 0.246 e. The molecule has 0 aliphatic heterocycles. The van der Waals surface area contributed by atoms with Gasteiger partial charge < -0.3 is 20.5 Å². The Hall–Kier alpha value is -1.59. The first-order chi connectivity index (χ1) is 9.54. The van der Waals surface area contributed by atoms with Crippen LogP contribution in [0.25, 0.3) is 0 Å². The Morgan fingerprint density at radius 1 is 1.30 bits per heavy atom. The van der Waals surface area contributed by atoms with E-state index in [0.717, 1.165) is 11.3 Å². The van der Waals surface area contributed by atoms with Crippen molar-refractivity contribution in [1.29, 1.82) is 0 Å². The van der Waals surface area contributed by atoms with E-state index in [1.165, 1.54) is 0 Å². The summed E-state index contributed by atoms with van der Waals surface area (Å²) >= 11 is 0. The van der Waals surface area contributed by atoms with Crippen molar-refractivity contribution in [3.05, 3.63) is 29.8 Å². The van der Waals surface area contributed by atoms with Crippen molar-refractivity contribution in [1.82, 2.24) is 5.32 Å². The molecule has 0 radical (unpaired) electrons. The van der Waals surface area contributed by atoms with Gasteiger partial charge in [0.25, 0.3) is 0 Å². The molecule has 112 valence electrons. The Kier molecular flexibility index (Phi) is 7.04. The van der Waals surface area contributed by atoms with Crippen molar-refractivity contribution in [3.8, 4) is 5.75 Å². The average Bonchev–Trinajstić information content (AvgIpc) is 2.38. The van der Waals surface area contributed by atoms with Gasteiger partial charge in [-0.15, -0.1) is 0 Å². The molecule has 0 aliphatic rings. The van der Waals surface area contributed by atoms with Gasteiger partial charge in [0, 0.05) is 12.1 Å². The molecule has 0 aliphatic carbocycles. The van der Waals surface area contributed by atoms with E-state index in [2.05, 4.69) is 5.32 Å². The van der Waals surface area contributed by atoms with Gasteiger partial charge in [-0.2, -0.15) is 0 Å². The molecule has 5 nitrogen and oxygen atoms in total. The SMILES string of the molecule is CC(C)Oc1ccccc1C(C)NC(=O)COCCN. The van der Waals surface area contributed by atoms with Gasteiger partial charge in [-0.25, -0.2) is 0 Å². The first-order valence-corrected chi connectivity index (χ1v) is 6.87. The number of hydrogen-bond acceptors (Lipinski definition) is 4. The van der Waals surface area contributed by atoms with Crippen LogP contribution in [0.3, 0.4) is 0 Å². The molecule has 1 aromatic rings. The van der Waals surface area contributed by atoms with E-state index in [1.807, 2.05) is 45.0 Å². The van der Waals surface area contributed by atoms with Crippen molar-refractivity contribution in [2.45, 2.75) is 32.9 Å². The molecule has 0 spiro atoms. The molecule has 0 saturated carbocycles. The Morgan fingerprint density at radius 3 is 2.65 bits per heavy atom. The minimum absolute atomic E-state index is 0.0226. The smallest absolute Gasteiger partial charge is 0.246 e. The summed E-state index contributed by atoms with van der Waals surface area (Å²) in [4.78, 5) is 11.7. The third kappa shape index (κ3) is 5.59. The van der Waals surface area contributed by atoms with Gasteiger partial charge in [0.1, 0.15) is 12.4 Å². The fourth-order valence-electron chi connectivity index (χ4n) is 1.81. The number of ether oxygens (including phenoxy) is 2. The van der Waals surface area contributed by atoms with Crippen LogP contribution in [0.5, 0.6) is 5.75 Å². The number of amides is 1. The Bertz CT molecular complexity index is 421. The van der Waals surface area contributed by atoms with Crippen LogP contribution in [-0.4, -0.2) is 31.8 Å². The molecule has 20 heavy (non-hydrogen) atoms. The van der Waals surface area contributed by atoms with Gasteiger partial charge in [0.05, 0.1) is 18.8 Å². The van der Waals surface area contributed by atoms with Crippen molar-refractivity contribution >= 4 is 5.91 Å². The largest absolute Gasteiger partial charge is 0.491 e. The lowest BCUT2D eigenvalue weighted by atomic mass is 10.1. The van der Waals surface area contributed by atoms with Crippen LogP contribution >= 0.6 is 0 Å². The van der Waals surface area contributed by atoms with E-state index in [0.29, 0.717) is 13.2 Å². The zero-order chi connectivity index (χ0) is 15.0. The molecule has 0 bridgehead atoms. The molecule has 0 saturated heterocycles. The molecule has 1 aromatic carbocycles. The third-order valence-corrected chi connectivity index (χ3v) is 2.62. The van der Waals surface area contributed by atoms with Crippen LogP contribution in [0.1, 0.15) is 32.4 Å². The fraction of sp³-hybridized carbons (Fsp3) is 0.533. The van der Waals surface area contributed by atoms with Crippen LogP contribution < -0.4 is 15.8 Å². The molecule has 1 unspecified atom stereocenters. The highest BCUT2D eigenvalue weighted by molar-refractivity contribution is 5.77. The van der Waals surface area contributed by atoms with Crippen molar-refractivity contribution in [2.24, 2.45) is 5.73 Å². The van der Waals surface area contributed by atoms with Crippen LogP contribution in [0.4, 0.5) is 0 Å². The van der Waals surface area contributed by atoms with Crippen LogP contribution in [-0.2, 0) is 9.53 Å². The average molecular weight is 280 g/mol. The predicted octanol–water partition coefficient (Wildman–Crippen LogP) is 1.63. The van der Waals surface area contributed by atoms with Crippen molar-refractivity contribution in [2.75, 3.05) is 19.8 Å². The lowest BCUT2D eigenvalue weighted by molar-refractivity contribution is -0.126. The predicted molar refractivity (Wildman–Crippen MR) is 78.6 cm³/mol. The second kappa shape index (κ2) is 8.55. The summed E-state index contributed by atoms with van der Waals surface area (Å²) in [7, 11) is 0. The Morgan fingerprint density at radius 2 is 2.00 bits per heavy atom. The summed E-state index contributed by atoms with van der Waals surface area (Å²) in [5.74, 6) is 0.628. The summed E-state index contributed by atoms with van der Waals surface area (Å²) in [5.41, 5.74) is 6.25. The van der Waals surface area contributed by atoms with Crippen LogP contribution in [0.2, 0.25) is 0 Å². The molecule has 0 aromatic heterocycles. The summed E-state index contributed by atoms with van der Waals surface area (Å²) in [6.45, 7) is 6.68. The zero-order valence-electron chi connectivity index (χ0n) is 12.4. The van der Waals surface area contributed by atoms with E-state index in [-0.39, 0.29) is 24.7 Å². The highest BCUT2D eigenvalue weighted by atomic mass is 16.5. The molecule has 1 amide bonds. The van der Waals surface area contributed by atoms with Crippen molar-refractivity contribution < 1.29 is 14.3 Å². The lowest BCUT2D eigenvalue weighted by Crippen LogP contribution is -2.31. The number of nitrogens with one attached hydrogen (secondary N) is 1. The Balaban J connectivity index is 2.62. The number of hydrogen-bond donors (Lipinski definition) is 2. The number of carbonyl (C=O) groups is 1. The van der Waals surface area contributed by atoms with Gasteiger partial charge in [-0.1, -0.05) is 18.2 Å². The molecule has 5 heteroatoms. The van der Waals surface area contributed by atoms with E-state index in [1.54, 1.807) is 0 Å². The summed E-state index contributed by atoms with van der Waals surface area (Å²) < 4.78 is 10.9. The van der Waals surface area contributed by atoms with Crippen molar-refractivity contribution in [3.63, 3.8) is 0 Å². The molecule has 0 fully saturated rings. The molecule has 1 atom stereocenters. The maximum absolute atomic E-state index is 11.7. The number of carbonyl (C=O) groups excluding carboxylic acids is 1. The number of rotatable bonds is 8.